The molecule has 8 heterocycles. The van der Waals surface area contributed by atoms with E-state index in [1.165, 1.54) is 28.8 Å². The van der Waals surface area contributed by atoms with Crippen molar-refractivity contribution in [2.45, 2.75) is 52.2 Å². The first-order valence-corrected chi connectivity index (χ1v) is 32.4. The summed E-state index contributed by atoms with van der Waals surface area (Å²) in [4.78, 5) is 22.4. The van der Waals surface area contributed by atoms with Gasteiger partial charge in [-0.3, -0.25) is 25.2 Å². The molecule has 1 amide bonds. The second kappa shape index (κ2) is 23.5. The van der Waals surface area contributed by atoms with Gasteiger partial charge in [0.1, 0.15) is 0 Å². The largest absolute Gasteiger partial charge is 0.368 e. The monoisotopic (exact) mass is 1170 g/mol. The molecule has 12 rings (SSSR count). The average Bonchev–Trinajstić information content (AvgIpc) is 4.26. The van der Waals surface area contributed by atoms with E-state index in [0.29, 0.717) is 70.5 Å². The van der Waals surface area contributed by atoms with Crippen molar-refractivity contribution in [2.75, 3.05) is 123 Å². The fraction of sp³-hybridized carbons (Fsp3) is 0.453. The molecule has 23 nitrogen and oxygen atoms in total. The SMILES string of the molecule is CC(=O)N1CCN(c2cccc3[nH]ncc23)CC1C.CC1(C)CN(c2cccc3[nH]ncc23)CCN1S(C)(=O)=O.CC1CN(c2cccc3[nH]ncc23)CCN1S(C)(=O)=O.CS(=O)(=O)N1CCN(c2cc(Cl)cc3[nH]ncc23)CC1. The van der Waals surface area contributed by atoms with E-state index in [-0.39, 0.29) is 18.0 Å². The lowest BCUT2D eigenvalue weighted by atomic mass is 10.0. The van der Waals surface area contributed by atoms with Crippen LogP contribution in [0, 0.1) is 0 Å². The highest BCUT2D eigenvalue weighted by Gasteiger charge is 2.39. The van der Waals surface area contributed by atoms with Crippen molar-refractivity contribution in [1.29, 1.82) is 0 Å². The summed E-state index contributed by atoms with van der Waals surface area (Å²) in [6.45, 7) is 18.2. The zero-order valence-electron chi connectivity index (χ0n) is 46.3. The summed E-state index contributed by atoms with van der Waals surface area (Å²) < 4.78 is 74.9. The van der Waals surface area contributed by atoms with Crippen LogP contribution in [0.2, 0.25) is 5.02 Å². The molecule has 2 unspecified atom stereocenters. The first-order chi connectivity index (χ1) is 37.9. The van der Waals surface area contributed by atoms with Gasteiger partial charge in [0.25, 0.3) is 0 Å². The van der Waals surface area contributed by atoms with E-state index < -0.39 is 35.6 Å². The number of aromatic amines is 4. The predicted molar refractivity (Wildman–Crippen MR) is 318 cm³/mol. The first-order valence-electron chi connectivity index (χ1n) is 26.4. The van der Waals surface area contributed by atoms with E-state index in [4.69, 9.17) is 11.6 Å². The fourth-order valence-corrected chi connectivity index (χ4v) is 15.0. The summed E-state index contributed by atoms with van der Waals surface area (Å²) in [5, 5.41) is 33.1. The molecule has 0 bridgehead atoms. The van der Waals surface area contributed by atoms with Gasteiger partial charge in [-0.2, -0.15) is 33.3 Å². The highest BCUT2D eigenvalue weighted by atomic mass is 35.5. The maximum Gasteiger partial charge on any atom is 0.219 e. The standard InChI is InChI=1S/C14H20N4O2S.C14H18N4O.C13H18N4O2S.C12H15ClN4O2S/c1-14(2)10-17(7-8-18(14)21(3,19)20)13-6-4-5-12-11(13)9-15-16-12;1-10-9-17(6-7-18(10)11(2)19)14-5-3-4-13-12(14)8-15-16-13;1-10-9-16(6-7-17(10)20(2,18)19)13-5-3-4-12-11(13)8-14-15-12;1-20(18,19)17-4-2-16(3-5-17)12-7-9(13)6-11-10(12)8-14-15-11/h4-6,9H,7-8,10H2,1-3H3,(H,15,16);3-5,8,10H,6-7,9H2,1-2H3,(H,15,16);3-5,8,10H,6-7,9H2,1-2H3,(H,14,15);6-8H,2-5H2,1H3,(H,14,15). The van der Waals surface area contributed by atoms with Crippen molar-refractivity contribution in [2.24, 2.45) is 0 Å². The second-order valence-corrected chi connectivity index (χ2v) is 27.7. The summed E-state index contributed by atoms with van der Waals surface area (Å²) >= 11 is 6.12. The summed E-state index contributed by atoms with van der Waals surface area (Å²) in [6, 6.07) is 22.2. The number of carbonyl (C=O) groups is 1. The normalized spacial score (nSPS) is 19.8. The smallest absolute Gasteiger partial charge is 0.219 e. The molecular weight excluding hydrogens is 1100 g/mol. The molecule has 4 aliphatic heterocycles. The number of anilines is 4. The molecule has 2 atom stereocenters. The maximum absolute atomic E-state index is 11.9. The Bertz CT molecular complexity index is 3820. The number of nitrogens with zero attached hydrogens (tertiary/aromatic N) is 12. The number of hydrogen-bond acceptors (Lipinski definition) is 15. The Balaban J connectivity index is 0.000000129. The van der Waals surface area contributed by atoms with Crippen LogP contribution >= 0.6 is 11.6 Å². The second-order valence-electron chi connectivity index (χ2n) is 21.5. The van der Waals surface area contributed by atoms with E-state index in [1.807, 2.05) is 92.8 Å². The molecule has 4 N–H and O–H groups in total. The highest BCUT2D eigenvalue weighted by molar-refractivity contribution is 7.88. The van der Waals surface area contributed by atoms with E-state index in [0.717, 1.165) is 80.3 Å². The molecule has 0 spiro atoms. The lowest BCUT2D eigenvalue weighted by molar-refractivity contribution is -0.131. The molecule has 4 aromatic carbocycles. The van der Waals surface area contributed by atoms with Crippen molar-refractivity contribution in [1.82, 2.24) is 58.6 Å². The van der Waals surface area contributed by atoms with Gasteiger partial charge in [0.05, 0.1) is 65.6 Å². The van der Waals surface area contributed by atoms with Gasteiger partial charge in [0.15, 0.2) is 0 Å². The Hall–Kier alpha value is -6.55. The number of fused-ring (bicyclic) bond motifs is 4. The van der Waals surface area contributed by atoms with E-state index in [2.05, 4.69) is 85.5 Å². The van der Waals surface area contributed by atoms with Crippen molar-refractivity contribution in [3.05, 3.63) is 96.5 Å². The van der Waals surface area contributed by atoms with Gasteiger partial charge >= 0.3 is 0 Å². The average molecular weight is 1180 g/mol. The fourth-order valence-electron chi connectivity index (χ4n) is 11.5. The molecular formula is C53H71ClN16O7S3. The third kappa shape index (κ3) is 13.0. The van der Waals surface area contributed by atoms with Gasteiger partial charge in [0.2, 0.25) is 36.0 Å². The number of benzene rings is 4. The van der Waals surface area contributed by atoms with Crippen LogP contribution in [0.4, 0.5) is 22.7 Å². The van der Waals surface area contributed by atoms with Gasteiger partial charge in [-0.25, -0.2) is 25.3 Å². The number of H-pyrrole nitrogens is 4. The first kappa shape index (κ1) is 58.1. The Kier molecular flexibility index (Phi) is 17.1. The van der Waals surface area contributed by atoms with Crippen molar-refractivity contribution in [3.8, 4) is 0 Å². The molecule has 0 radical (unpaired) electrons. The number of sulfonamides is 3. The molecule has 0 aliphatic carbocycles. The Labute approximate surface area is 472 Å². The van der Waals surface area contributed by atoms with E-state index in [9.17, 15) is 30.0 Å². The van der Waals surface area contributed by atoms with Crippen LogP contribution in [-0.4, -0.2) is 211 Å². The third-order valence-electron chi connectivity index (χ3n) is 15.2. The number of hydrogen-bond donors (Lipinski definition) is 4. The highest BCUT2D eigenvalue weighted by Crippen LogP contribution is 2.34. The topological polar surface area (TPSA) is 260 Å². The van der Waals surface area contributed by atoms with Gasteiger partial charge in [-0.05, 0) is 76.2 Å². The zero-order chi connectivity index (χ0) is 57.3. The van der Waals surface area contributed by atoms with Crippen LogP contribution in [0.1, 0.15) is 34.6 Å². The quantitative estimate of drug-likeness (QED) is 0.156. The van der Waals surface area contributed by atoms with Gasteiger partial charge in [-0.15, -0.1) is 0 Å². The minimum absolute atomic E-state index is 0.0269. The number of nitrogens with one attached hydrogen (secondary N) is 4. The number of rotatable bonds is 7. The van der Waals surface area contributed by atoms with Crippen LogP contribution in [0.3, 0.4) is 0 Å². The number of aromatic nitrogens is 8. The van der Waals surface area contributed by atoms with Gasteiger partial charge < -0.3 is 24.5 Å². The summed E-state index contributed by atoms with van der Waals surface area (Å²) in [5.41, 5.74) is 7.90. The van der Waals surface area contributed by atoms with E-state index in [1.54, 1.807) is 21.7 Å². The van der Waals surface area contributed by atoms with Crippen molar-refractivity contribution >= 4 is 114 Å². The summed E-state index contributed by atoms with van der Waals surface area (Å²) in [7, 11) is -9.42. The number of amides is 1. The van der Waals surface area contributed by atoms with Crippen LogP contribution in [0.25, 0.3) is 43.6 Å². The van der Waals surface area contributed by atoms with Crippen LogP contribution in [0.5, 0.6) is 0 Å². The molecule has 4 fully saturated rings. The Morgan fingerprint density at radius 3 is 1.40 bits per heavy atom. The minimum atomic E-state index is -3.18. The Morgan fingerprint density at radius 2 is 0.963 bits per heavy atom. The molecule has 0 saturated carbocycles. The van der Waals surface area contributed by atoms with Crippen LogP contribution in [0.15, 0.2) is 91.5 Å². The molecule has 430 valence electrons. The molecule has 8 aromatic rings. The van der Waals surface area contributed by atoms with Crippen molar-refractivity contribution < 1.29 is 30.0 Å². The predicted octanol–water partition coefficient (Wildman–Crippen LogP) is 5.37. The number of piperazine rings is 4. The minimum Gasteiger partial charge on any atom is -0.368 e. The lowest BCUT2D eigenvalue weighted by Gasteiger charge is -2.46. The summed E-state index contributed by atoms with van der Waals surface area (Å²) in [5.74, 6) is 0.161. The van der Waals surface area contributed by atoms with Crippen molar-refractivity contribution in [3.63, 3.8) is 0 Å². The van der Waals surface area contributed by atoms with E-state index >= 15 is 0 Å². The molecule has 4 aromatic heterocycles. The number of halogens is 1. The van der Waals surface area contributed by atoms with Gasteiger partial charge in [-0.1, -0.05) is 29.8 Å². The van der Waals surface area contributed by atoms with Gasteiger partial charge in [0, 0.05) is 159 Å². The molecule has 80 heavy (non-hydrogen) atoms. The molecule has 4 aliphatic rings. The van der Waals surface area contributed by atoms with Crippen LogP contribution < -0.4 is 19.6 Å². The third-order valence-corrected chi connectivity index (χ3v) is 19.6. The summed E-state index contributed by atoms with van der Waals surface area (Å²) in [6.07, 6.45) is 11.1. The molecule has 4 saturated heterocycles. The number of carbonyl (C=O) groups excluding carboxylic acids is 1. The molecule has 27 heteroatoms. The zero-order valence-corrected chi connectivity index (χ0v) is 49.5. The maximum atomic E-state index is 11.9. The van der Waals surface area contributed by atoms with Crippen LogP contribution in [-0.2, 0) is 34.9 Å². The lowest BCUT2D eigenvalue weighted by Crippen LogP contribution is -2.60. The Morgan fingerprint density at radius 1 is 0.525 bits per heavy atom.